The van der Waals surface area contributed by atoms with Crippen LogP contribution in [0.3, 0.4) is 0 Å². The summed E-state index contributed by atoms with van der Waals surface area (Å²) in [6.45, 7) is 4.18. The van der Waals surface area contributed by atoms with E-state index in [1.54, 1.807) is 0 Å². The van der Waals surface area contributed by atoms with Crippen molar-refractivity contribution in [1.29, 1.82) is 0 Å². The summed E-state index contributed by atoms with van der Waals surface area (Å²) in [4.78, 5) is 8.47. The first-order valence-corrected chi connectivity index (χ1v) is 6.87. The van der Waals surface area contributed by atoms with Gasteiger partial charge >= 0.3 is 0 Å². The topological polar surface area (TPSA) is 47.0 Å². The molecule has 19 heavy (non-hydrogen) atoms. The molecule has 0 amide bonds. The number of nitrogens with zero attached hydrogens (tertiary/aromatic N) is 2. The highest BCUT2D eigenvalue weighted by Gasteiger charge is 2.16. The van der Waals surface area contributed by atoms with Crippen molar-refractivity contribution in [2.45, 2.75) is 19.8 Å². The van der Waals surface area contributed by atoms with E-state index in [1.165, 1.54) is 6.33 Å². The van der Waals surface area contributed by atoms with Gasteiger partial charge < -0.3 is 10.1 Å². The number of anilines is 1. The smallest absolute Gasteiger partial charge is 0.227 e. The third-order valence-corrected chi connectivity index (χ3v) is 3.17. The van der Waals surface area contributed by atoms with Gasteiger partial charge in [-0.25, -0.2) is 9.97 Å². The highest BCUT2D eigenvalue weighted by Crippen LogP contribution is 2.33. The van der Waals surface area contributed by atoms with Crippen LogP contribution in [-0.2, 0) is 0 Å². The SMILES string of the molecule is CNc1ncnc(Oc2cccc(Br)c2)c1C(C)C. The van der Waals surface area contributed by atoms with E-state index >= 15 is 0 Å². The van der Waals surface area contributed by atoms with Crippen molar-refractivity contribution in [2.24, 2.45) is 0 Å². The summed E-state index contributed by atoms with van der Waals surface area (Å²) in [6.07, 6.45) is 1.50. The molecule has 1 N–H and O–H groups in total. The molecule has 0 unspecified atom stereocenters. The van der Waals surface area contributed by atoms with Gasteiger partial charge in [-0.2, -0.15) is 0 Å². The molecule has 2 rings (SSSR count). The Hall–Kier alpha value is -1.62. The first kappa shape index (κ1) is 13.8. The van der Waals surface area contributed by atoms with E-state index in [0.29, 0.717) is 5.88 Å². The van der Waals surface area contributed by atoms with E-state index in [4.69, 9.17) is 4.74 Å². The Balaban J connectivity index is 2.39. The fourth-order valence-corrected chi connectivity index (χ4v) is 2.20. The Kier molecular flexibility index (Phi) is 4.37. The lowest BCUT2D eigenvalue weighted by Gasteiger charge is -2.15. The molecule has 0 aliphatic carbocycles. The molecule has 5 heteroatoms. The summed E-state index contributed by atoms with van der Waals surface area (Å²) in [5, 5.41) is 3.07. The molecule has 1 aromatic heterocycles. The zero-order valence-corrected chi connectivity index (χ0v) is 12.7. The Labute approximate surface area is 121 Å². The number of aromatic nitrogens is 2. The van der Waals surface area contributed by atoms with Gasteiger partial charge in [0.1, 0.15) is 17.9 Å². The monoisotopic (exact) mass is 321 g/mol. The normalized spacial score (nSPS) is 10.6. The van der Waals surface area contributed by atoms with E-state index in [9.17, 15) is 0 Å². The van der Waals surface area contributed by atoms with Crippen LogP contribution in [-0.4, -0.2) is 17.0 Å². The van der Waals surface area contributed by atoms with E-state index in [-0.39, 0.29) is 5.92 Å². The number of ether oxygens (including phenoxy) is 1. The maximum atomic E-state index is 5.87. The lowest BCUT2D eigenvalue weighted by Crippen LogP contribution is -2.04. The number of nitrogens with one attached hydrogen (secondary N) is 1. The second-order valence-corrected chi connectivity index (χ2v) is 5.32. The number of hydrogen-bond acceptors (Lipinski definition) is 4. The molecule has 0 saturated carbocycles. The van der Waals surface area contributed by atoms with Crippen molar-refractivity contribution >= 4 is 21.7 Å². The van der Waals surface area contributed by atoms with Crippen LogP contribution in [0.25, 0.3) is 0 Å². The van der Waals surface area contributed by atoms with Gasteiger partial charge in [-0.15, -0.1) is 0 Å². The van der Waals surface area contributed by atoms with Crippen LogP contribution >= 0.6 is 15.9 Å². The molecule has 0 saturated heterocycles. The van der Waals surface area contributed by atoms with Crippen molar-refractivity contribution in [2.75, 3.05) is 12.4 Å². The number of benzene rings is 1. The van der Waals surface area contributed by atoms with Gasteiger partial charge in [-0.1, -0.05) is 35.8 Å². The van der Waals surface area contributed by atoms with E-state index in [0.717, 1.165) is 21.6 Å². The van der Waals surface area contributed by atoms with Crippen molar-refractivity contribution in [3.8, 4) is 11.6 Å². The summed E-state index contributed by atoms with van der Waals surface area (Å²) >= 11 is 3.43. The summed E-state index contributed by atoms with van der Waals surface area (Å²) < 4.78 is 6.84. The van der Waals surface area contributed by atoms with E-state index in [1.807, 2.05) is 31.3 Å². The number of hydrogen-bond donors (Lipinski definition) is 1. The highest BCUT2D eigenvalue weighted by molar-refractivity contribution is 9.10. The molecular formula is C14H16BrN3O. The zero-order valence-electron chi connectivity index (χ0n) is 11.1. The zero-order chi connectivity index (χ0) is 13.8. The second-order valence-electron chi connectivity index (χ2n) is 4.41. The van der Waals surface area contributed by atoms with Crippen molar-refractivity contribution in [3.63, 3.8) is 0 Å². The summed E-state index contributed by atoms with van der Waals surface area (Å²) in [7, 11) is 1.84. The maximum absolute atomic E-state index is 5.87. The minimum absolute atomic E-state index is 0.269. The fraction of sp³-hybridized carbons (Fsp3) is 0.286. The Morgan fingerprint density at radius 1 is 1.26 bits per heavy atom. The maximum Gasteiger partial charge on any atom is 0.227 e. The molecule has 0 fully saturated rings. The molecule has 4 nitrogen and oxygen atoms in total. The first-order chi connectivity index (χ1) is 9.11. The third-order valence-electron chi connectivity index (χ3n) is 2.67. The lowest BCUT2D eigenvalue weighted by molar-refractivity contribution is 0.451. The minimum Gasteiger partial charge on any atom is -0.438 e. The summed E-state index contributed by atoms with van der Waals surface area (Å²) in [6, 6.07) is 7.69. The predicted molar refractivity (Wildman–Crippen MR) is 79.9 cm³/mol. The van der Waals surface area contributed by atoms with E-state index in [2.05, 4.69) is 45.1 Å². The van der Waals surface area contributed by atoms with Crippen LogP contribution in [0.1, 0.15) is 25.3 Å². The van der Waals surface area contributed by atoms with Crippen LogP contribution in [0.15, 0.2) is 35.1 Å². The van der Waals surface area contributed by atoms with Crippen LogP contribution in [0.2, 0.25) is 0 Å². The Morgan fingerprint density at radius 3 is 2.68 bits per heavy atom. The molecule has 100 valence electrons. The van der Waals surface area contributed by atoms with E-state index < -0.39 is 0 Å². The van der Waals surface area contributed by atoms with Crippen LogP contribution in [0.4, 0.5) is 5.82 Å². The molecule has 1 aromatic carbocycles. The lowest BCUT2D eigenvalue weighted by atomic mass is 10.1. The van der Waals surface area contributed by atoms with Gasteiger partial charge in [0.2, 0.25) is 5.88 Å². The quantitative estimate of drug-likeness (QED) is 0.916. The Morgan fingerprint density at radius 2 is 2.05 bits per heavy atom. The number of halogens is 1. The largest absolute Gasteiger partial charge is 0.438 e. The molecule has 0 aliphatic heterocycles. The molecule has 0 radical (unpaired) electrons. The highest BCUT2D eigenvalue weighted by atomic mass is 79.9. The summed E-state index contributed by atoms with van der Waals surface area (Å²) in [5.41, 5.74) is 0.977. The first-order valence-electron chi connectivity index (χ1n) is 6.08. The van der Waals surface area contributed by atoms with Gasteiger partial charge in [-0.3, -0.25) is 0 Å². The van der Waals surface area contributed by atoms with Crippen molar-refractivity contribution in [1.82, 2.24) is 9.97 Å². The fourth-order valence-electron chi connectivity index (χ4n) is 1.82. The molecule has 2 aromatic rings. The Bertz CT molecular complexity index is 572. The third kappa shape index (κ3) is 3.23. The standard InChI is InChI=1S/C14H16BrN3O/c1-9(2)12-13(16-3)17-8-18-14(12)19-11-6-4-5-10(15)7-11/h4-9H,1-3H3,(H,16,17,18). The van der Waals surface area contributed by atoms with Crippen LogP contribution in [0.5, 0.6) is 11.6 Å². The number of rotatable bonds is 4. The average Bonchev–Trinajstić information content (AvgIpc) is 2.38. The second kappa shape index (κ2) is 6.02. The molecule has 0 aliphatic rings. The molecule has 0 bridgehead atoms. The van der Waals surface area contributed by atoms with Gasteiger partial charge in [0.25, 0.3) is 0 Å². The molecular weight excluding hydrogens is 306 g/mol. The van der Waals surface area contributed by atoms with Crippen molar-refractivity contribution in [3.05, 3.63) is 40.6 Å². The van der Waals surface area contributed by atoms with Gasteiger partial charge in [0.15, 0.2) is 0 Å². The minimum atomic E-state index is 0.269. The van der Waals surface area contributed by atoms with Crippen LogP contribution in [0, 0.1) is 0 Å². The van der Waals surface area contributed by atoms with Gasteiger partial charge in [-0.05, 0) is 24.1 Å². The molecule has 1 heterocycles. The van der Waals surface area contributed by atoms with Crippen molar-refractivity contribution < 1.29 is 4.74 Å². The van der Waals surface area contributed by atoms with Crippen LogP contribution < -0.4 is 10.1 Å². The van der Waals surface area contributed by atoms with Gasteiger partial charge in [0, 0.05) is 11.5 Å². The molecule has 0 atom stereocenters. The predicted octanol–water partition coefficient (Wildman–Crippen LogP) is 4.20. The van der Waals surface area contributed by atoms with Gasteiger partial charge in [0.05, 0.1) is 5.56 Å². The molecule has 0 spiro atoms. The average molecular weight is 322 g/mol. The summed E-state index contributed by atoms with van der Waals surface area (Å²) in [5.74, 6) is 2.41.